The summed E-state index contributed by atoms with van der Waals surface area (Å²) < 4.78 is 18.3. The number of nitrogens with zero attached hydrogens (tertiary/aromatic N) is 1. The van der Waals surface area contributed by atoms with E-state index in [4.69, 9.17) is 9.84 Å². The van der Waals surface area contributed by atoms with Crippen molar-refractivity contribution >= 4 is 17.5 Å². The van der Waals surface area contributed by atoms with Crippen molar-refractivity contribution < 1.29 is 23.8 Å². The Morgan fingerprint density at radius 3 is 2.80 bits per heavy atom. The fourth-order valence-corrected chi connectivity index (χ4v) is 1.83. The normalized spacial score (nSPS) is 14.6. The van der Waals surface area contributed by atoms with Gasteiger partial charge in [-0.15, -0.1) is 0 Å². The summed E-state index contributed by atoms with van der Waals surface area (Å²) in [5.41, 5.74) is 0.248. The minimum atomic E-state index is -0.574. The van der Waals surface area contributed by atoms with E-state index in [0.717, 1.165) is 17.0 Å². The lowest BCUT2D eigenvalue weighted by molar-refractivity contribution is -0.137. The van der Waals surface area contributed by atoms with Gasteiger partial charge < -0.3 is 15.2 Å². The Hall–Kier alpha value is -2.41. The van der Waals surface area contributed by atoms with E-state index in [1.54, 1.807) is 0 Å². The van der Waals surface area contributed by atoms with Crippen molar-refractivity contribution in [2.45, 2.75) is 0 Å². The van der Waals surface area contributed by atoms with E-state index in [-0.39, 0.29) is 24.5 Å². The van der Waals surface area contributed by atoms with E-state index >= 15 is 0 Å². The van der Waals surface area contributed by atoms with Crippen molar-refractivity contribution in [1.82, 2.24) is 4.90 Å². The number of hydrogen-bond donors (Lipinski definition) is 2. The van der Waals surface area contributed by atoms with Gasteiger partial charge >= 0.3 is 0 Å². The largest absolute Gasteiger partial charge is 0.495 e. The number of hydrogen-bond acceptors (Lipinski definition) is 5. The molecule has 0 aliphatic carbocycles. The minimum absolute atomic E-state index is 0.00681. The van der Waals surface area contributed by atoms with Crippen molar-refractivity contribution in [3.63, 3.8) is 0 Å². The lowest BCUT2D eigenvalue weighted by Crippen LogP contribution is -2.34. The lowest BCUT2D eigenvalue weighted by Gasteiger charge is -2.14. The first-order valence-corrected chi connectivity index (χ1v) is 5.85. The van der Waals surface area contributed by atoms with Crippen LogP contribution in [0.3, 0.4) is 0 Å². The zero-order valence-electron chi connectivity index (χ0n) is 10.7. The maximum absolute atomic E-state index is 13.2. The molecule has 6 nitrogen and oxygen atoms in total. The number of methoxy groups -OCH3 is 1. The summed E-state index contributed by atoms with van der Waals surface area (Å²) in [6.45, 7) is -0.401. The van der Waals surface area contributed by atoms with Gasteiger partial charge in [-0.1, -0.05) is 0 Å². The van der Waals surface area contributed by atoms with E-state index in [1.165, 1.54) is 19.2 Å². The highest BCUT2D eigenvalue weighted by Crippen LogP contribution is 2.27. The Morgan fingerprint density at radius 2 is 2.15 bits per heavy atom. The van der Waals surface area contributed by atoms with Crippen molar-refractivity contribution in [1.29, 1.82) is 0 Å². The molecule has 7 heteroatoms. The summed E-state index contributed by atoms with van der Waals surface area (Å²) in [7, 11) is 1.41. The second-order valence-electron chi connectivity index (χ2n) is 4.05. The number of nitrogens with one attached hydrogen (secondary N) is 1. The molecule has 2 rings (SSSR count). The third-order valence-corrected chi connectivity index (χ3v) is 2.76. The number of ether oxygens (including phenoxy) is 1. The van der Waals surface area contributed by atoms with Crippen molar-refractivity contribution in [2.24, 2.45) is 0 Å². The molecule has 1 aliphatic rings. The van der Waals surface area contributed by atoms with Crippen LogP contribution in [0.4, 0.5) is 10.1 Å². The monoisotopic (exact) mass is 280 g/mol. The Bertz CT molecular complexity index is 586. The molecule has 20 heavy (non-hydrogen) atoms. The molecule has 0 atom stereocenters. The van der Waals surface area contributed by atoms with E-state index in [0.29, 0.717) is 5.75 Å². The third kappa shape index (κ3) is 2.62. The van der Waals surface area contributed by atoms with Crippen LogP contribution in [0.5, 0.6) is 5.75 Å². The number of rotatable bonds is 5. The number of carbonyl (C=O) groups is 2. The number of imide groups is 1. The molecule has 0 aromatic heterocycles. The first kappa shape index (κ1) is 14.0. The Balaban J connectivity index is 2.23. The van der Waals surface area contributed by atoms with Gasteiger partial charge in [-0.25, -0.2) is 4.39 Å². The molecular weight excluding hydrogens is 267 g/mol. The van der Waals surface area contributed by atoms with Gasteiger partial charge in [0.1, 0.15) is 17.3 Å². The molecule has 1 aliphatic heterocycles. The Kier molecular flexibility index (Phi) is 3.99. The minimum Gasteiger partial charge on any atom is -0.495 e. The van der Waals surface area contributed by atoms with E-state index in [2.05, 4.69) is 5.32 Å². The topological polar surface area (TPSA) is 78.9 Å². The molecule has 0 saturated carbocycles. The summed E-state index contributed by atoms with van der Waals surface area (Å²) in [6.07, 6.45) is 1.10. The standard InChI is InChI=1S/C13H13FN2O4/c1-20-11-3-2-8(14)6-9(11)15-10-7-12(18)16(4-5-17)13(10)19/h2-3,6-7,15,17H,4-5H2,1H3. The van der Waals surface area contributed by atoms with Gasteiger partial charge in [0.25, 0.3) is 11.8 Å². The van der Waals surface area contributed by atoms with Crippen LogP contribution in [-0.2, 0) is 9.59 Å². The highest BCUT2D eigenvalue weighted by atomic mass is 19.1. The third-order valence-electron chi connectivity index (χ3n) is 2.76. The second-order valence-corrected chi connectivity index (χ2v) is 4.05. The molecule has 0 spiro atoms. The van der Waals surface area contributed by atoms with Gasteiger partial charge in [0.2, 0.25) is 0 Å². The number of benzene rings is 1. The molecule has 2 N–H and O–H groups in total. The van der Waals surface area contributed by atoms with E-state index in [9.17, 15) is 14.0 Å². The van der Waals surface area contributed by atoms with Crippen LogP contribution in [0.15, 0.2) is 30.0 Å². The van der Waals surface area contributed by atoms with Gasteiger partial charge in [-0.05, 0) is 12.1 Å². The number of carbonyl (C=O) groups excluding carboxylic acids is 2. The SMILES string of the molecule is COc1ccc(F)cc1NC1=CC(=O)N(CCO)C1=O. The number of aliphatic hydroxyl groups is 1. The van der Waals surface area contributed by atoms with Gasteiger partial charge in [-0.3, -0.25) is 14.5 Å². The van der Waals surface area contributed by atoms with Gasteiger partial charge in [-0.2, -0.15) is 0 Å². The predicted octanol–water partition coefficient (Wildman–Crippen LogP) is 0.491. The molecule has 0 bridgehead atoms. The van der Waals surface area contributed by atoms with Crippen molar-refractivity contribution in [3.05, 3.63) is 35.8 Å². The van der Waals surface area contributed by atoms with Crippen LogP contribution in [0, 0.1) is 5.82 Å². The molecule has 0 saturated heterocycles. The second kappa shape index (κ2) is 5.70. The summed E-state index contributed by atoms with van der Waals surface area (Å²) >= 11 is 0. The van der Waals surface area contributed by atoms with E-state index in [1.807, 2.05) is 0 Å². The molecule has 1 heterocycles. The van der Waals surface area contributed by atoms with Crippen LogP contribution < -0.4 is 10.1 Å². The van der Waals surface area contributed by atoms with Crippen molar-refractivity contribution in [3.8, 4) is 5.75 Å². The molecule has 0 radical (unpaired) electrons. The zero-order valence-corrected chi connectivity index (χ0v) is 10.7. The van der Waals surface area contributed by atoms with E-state index < -0.39 is 17.6 Å². The van der Waals surface area contributed by atoms with Crippen molar-refractivity contribution in [2.75, 3.05) is 25.6 Å². The average Bonchev–Trinajstić information content (AvgIpc) is 2.67. The quantitative estimate of drug-likeness (QED) is 0.767. The lowest BCUT2D eigenvalue weighted by atomic mass is 10.2. The maximum atomic E-state index is 13.2. The summed E-state index contributed by atoms with van der Waals surface area (Å²) in [4.78, 5) is 24.4. The first-order valence-electron chi connectivity index (χ1n) is 5.85. The van der Waals surface area contributed by atoms with Crippen LogP contribution in [0.1, 0.15) is 0 Å². The molecule has 0 fully saturated rings. The van der Waals surface area contributed by atoms with Gasteiger partial charge in [0.05, 0.1) is 25.9 Å². The smallest absolute Gasteiger partial charge is 0.277 e. The zero-order chi connectivity index (χ0) is 14.7. The van der Waals surface area contributed by atoms with Gasteiger partial charge in [0, 0.05) is 12.1 Å². The molecule has 1 aromatic carbocycles. The Morgan fingerprint density at radius 1 is 1.40 bits per heavy atom. The Labute approximate surface area is 114 Å². The predicted molar refractivity (Wildman–Crippen MR) is 68.5 cm³/mol. The summed E-state index contributed by atoms with van der Waals surface area (Å²) in [5.74, 6) is -1.26. The molecular formula is C13H13FN2O4. The number of β-amino-alcohol motifs (C(OH)–C–C–N with tert-alkyl or cyclic N) is 1. The number of aliphatic hydroxyl groups excluding tert-OH is 1. The van der Waals surface area contributed by atoms with Crippen LogP contribution >= 0.6 is 0 Å². The van der Waals surface area contributed by atoms with Gasteiger partial charge in [0.15, 0.2) is 0 Å². The average molecular weight is 280 g/mol. The number of halogens is 1. The number of anilines is 1. The van der Waals surface area contributed by atoms with Crippen LogP contribution in [0.25, 0.3) is 0 Å². The first-order chi connectivity index (χ1) is 9.56. The van der Waals surface area contributed by atoms with Crippen LogP contribution in [-0.4, -0.2) is 42.1 Å². The fourth-order valence-electron chi connectivity index (χ4n) is 1.83. The van der Waals surface area contributed by atoms with Crippen LogP contribution in [0.2, 0.25) is 0 Å². The molecule has 2 amide bonds. The summed E-state index contributed by atoms with van der Waals surface area (Å²) in [6, 6.07) is 3.79. The number of amides is 2. The summed E-state index contributed by atoms with van der Waals surface area (Å²) in [5, 5.41) is 11.5. The maximum Gasteiger partial charge on any atom is 0.277 e. The fraction of sp³-hybridized carbons (Fsp3) is 0.231. The molecule has 1 aromatic rings. The molecule has 0 unspecified atom stereocenters. The highest BCUT2D eigenvalue weighted by Gasteiger charge is 2.31. The highest BCUT2D eigenvalue weighted by molar-refractivity contribution is 6.17. The molecule has 106 valence electrons.